The fraction of sp³-hybridized carbons (Fsp3) is 0.131. The van der Waals surface area contributed by atoms with Crippen LogP contribution in [0, 0.1) is 13.8 Å². The quantitative estimate of drug-likeness (QED) is 0.152. The van der Waals surface area contributed by atoms with Gasteiger partial charge in [0.2, 0.25) is 0 Å². The maximum atomic E-state index is 9.17. The van der Waals surface area contributed by atoms with Gasteiger partial charge >= 0.3 is 0 Å². The first kappa shape index (κ1) is 30.4. The largest absolute Gasteiger partial charge is 0.321 e. The number of benzene rings is 8. The Kier molecular flexibility index (Phi) is 7.55. The SMILES string of the molecule is [2H]c1c([2H])c([2H])c(-c2cccc(-c3c([2H])c([2H])c([2H])c([2H])c3[2H])c2N2CN(c3cc(Cc4ccc5c6ccccc6n(-c6cc(C(C)(C)C)ccn6)c5c4)cc(-c4c(C)cccc4C)c3)c3ccccc32)c([2H])c1[2H]. The zero-order valence-electron chi connectivity index (χ0n) is 47.0. The van der Waals surface area contributed by atoms with E-state index in [1.165, 1.54) is 5.56 Å². The van der Waals surface area contributed by atoms with E-state index in [4.69, 9.17) is 18.7 Å². The highest BCUT2D eigenvalue weighted by molar-refractivity contribution is 6.09. The van der Waals surface area contributed by atoms with Crippen molar-refractivity contribution in [1.29, 1.82) is 0 Å². The van der Waals surface area contributed by atoms with Crippen LogP contribution in [0.3, 0.4) is 0 Å². The number of hydrogen-bond acceptors (Lipinski definition) is 3. The number of nitrogens with zero attached hydrogens (tertiary/aromatic N) is 4. The van der Waals surface area contributed by atoms with Crippen LogP contribution in [0.15, 0.2) is 200 Å². The molecule has 0 spiro atoms. The molecule has 0 atom stereocenters. The Morgan fingerprint density at radius 2 is 1.18 bits per heavy atom. The zero-order chi connectivity index (χ0) is 52.9. The fourth-order valence-corrected chi connectivity index (χ4v) is 9.60. The minimum atomic E-state index is -0.542. The molecule has 10 aromatic rings. The molecule has 0 aliphatic carbocycles. The Bertz CT molecular complexity index is 3840. The van der Waals surface area contributed by atoms with Crippen LogP contribution in [0.25, 0.3) is 61.0 Å². The van der Waals surface area contributed by atoms with Crippen molar-refractivity contribution in [2.45, 2.75) is 46.5 Å². The number of hydrogen-bond donors (Lipinski definition) is 0. The van der Waals surface area contributed by atoms with Crippen molar-refractivity contribution in [2.24, 2.45) is 0 Å². The van der Waals surface area contributed by atoms with Crippen molar-refractivity contribution in [1.82, 2.24) is 9.55 Å². The van der Waals surface area contributed by atoms with Crippen LogP contribution in [0.5, 0.6) is 0 Å². The van der Waals surface area contributed by atoms with Gasteiger partial charge in [0.1, 0.15) is 12.5 Å². The van der Waals surface area contributed by atoms with Gasteiger partial charge in [0.25, 0.3) is 0 Å². The molecule has 1 aliphatic heterocycles. The van der Waals surface area contributed by atoms with Gasteiger partial charge in [-0.1, -0.05) is 166 Å². The molecule has 316 valence electrons. The lowest BCUT2D eigenvalue weighted by molar-refractivity contribution is 0.588. The van der Waals surface area contributed by atoms with Gasteiger partial charge in [0.05, 0.1) is 41.8 Å². The van der Waals surface area contributed by atoms with Crippen LogP contribution in [-0.4, -0.2) is 16.2 Å². The highest BCUT2D eigenvalue weighted by atomic mass is 15.4. The maximum absolute atomic E-state index is 9.17. The van der Waals surface area contributed by atoms with E-state index in [2.05, 4.69) is 135 Å². The molecule has 0 unspecified atom stereocenters. The highest BCUT2D eigenvalue weighted by Crippen LogP contribution is 2.50. The summed E-state index contributed by atoms with van der Waals surface area (Å²) >= 11 is 0. The highest BCUT2D eigenvalue weighted by Gasteiger charge is 2.32. The molecule has 4 nitrogen and oxygen atoms in total. The van der Waals surface area contributed by atoms with E-state index in [0.717, 1.165) is 72.4 Å². The Hall–Kier alpha value is -7.69. The third kappa shape index (κ3) is 7.25. The molecule has 0 radical (unpaired) electrons. The monoisotopic (exact) mass is 850 g/mol. The van der Waals surface area contributed by atoms with E-state index in [1.807, 2.05) is 35.4 Å². The fourth-order valence-electron chi connectivity index (χ4n) is 9.60. The number of anilines is 4. The lowest BCUT2D eigenvalue weighted by Gasteiger charge is -2.27. The number of para-hydroxylation sites is 4. The average Bonchev–Trinajstić information content (AvgIpc) is 4.00. The van der Waals surface area contributed by atoms with Crippen molar-refractivity contribution < 1.29 is 13.7 Å². The summed E-state index contributed by atoms with van der Waals surface area (Å²) in [5.74, 6) is 0.852. The molecule has 2 aromatic heterocycles. The van der Waals surface area contributed by atoms with Crippen LogP contribution >= 0.6 is 0 Å². The van der Waals surface area contributed by atoms with Crippen molar-refractivity contribution >= 4 is 44.6 Å². The standard InChI is InChI=1S/C61H52N4/c1-41-18-16-19-42(2)59(41)47-35-44(34-43-30-31-53-52-24-12-13-27-54(52)65(57(53)37-43)58-39-48(32-33-62-58)61(3,4)5)36-49(38-47)63-40-64(56-29-15-14-28-55(56)63)60-50(45-20-8-6-9-21-45)25-17-26-51(60)46-22-10-7-11-23-46/h6-33,35-39H,34,40H2,1-5H3/i6D,7D,8D,9D,10D,11D,20D,21D,22D,23D. The van der Waals surface area contributed by atoms with E-state index in [9.17, 15) is 0 Å². The Labute approximate surface area is 396 Å². The van der Waals surface area contributed by atoms with E-state index in [-0.39, 0.29) is 34.3 Å². The van der Waals surface area contributed by atoms with Gasteiger partial charge in [-0.05, 0) is 124 Å². The Morgan fingerprint density at radius 3 is 1.88 bits per heavy atom. The molecule has 8 aromatic carbocycles. The molecular weight excluding hydrogens is 789 g/mol. The summed E-state index contributed by atoms with van der Waals surface area (Å²) in [6.45, 7) is 11.0. The van der Waals surface area contributed by atoms with E-state index in [0.29, 0.717) is 17.8 Å². The molecule has 65 heavy (non-hydrogen) atoms. The first-order valence-electron chi connectivity index (χ1n) is 26.9. The number of fused-ring (bicyclic) bond motifs is 4. The summed E-state index contributed by atoms with van der Waals surface area (Å²) in [6, 6.07) is 40.2. The maximum Gasteiger partial charge on any atom is 0.137 e. The first-order valence-corrected chi connectivity index (χ1v) is 21.9. The van der Waals surface area contributed by atoms with E-state index in [1.54, 1.807) is 18.2 Å². The van der Waals surface area contributed by atoms with Gasteiger partial charge in [-0.2, -0.15) is 0 Å². The molecule has 0 N–H and O–H groups in total. The first-order chi connectivity index (χ1) is 35.8. The van der Waals surface area contributed by atoms with Gasteiger partial charge in [0, 0.05) is 33.8 Å². The molecule has 1 aliphatic rings. The van der Waals surface area contributed by atoms with Gasteiger partial charge in [-0.15, -0.1) is 0 Å². The lowest BCUT2D eigenvalue weighted by Crippen LogP contribution is -2.25. The summed E-state index contributed by atoms with van der Waals surface area (Å²) < 4.78 is 90.6. The van der Waals surface area contributed by atoms with Crippen LogP contribution < -0.4 is 9.80 Å². The minimum Gasteiger partial charge on any atom is -0.321 e. The molecule has 11 rings (SSSR count). The van der Waals surface area contributed by atoms with Crippen LogP contribution in [0.4, 0.5) is 22.7 Å². The van der Waals surface area contributed by atoms with Gasteiger partial charge in [-0.3, -0.25) is 4.57 Å². The number of aromatic nitrogens is 2. The molecule has 0 saturated heterocycles. The molecule has 0 saturated carbocycles. The third-order valence-electron chi connectivity index (χ3n) is 12.6. The number of rotatable bonds is 8. The van der Waals surface area contributed by atoms with E-state index < -0.39 is 60.4 Å². The topological polar surface area (TPSA) is 24.3 Å². The van der Waals surface area contributed by atoms with Crippen molar-refractivity contribution in [3.63, 3.8) is 0 Å². The summed E-state index contributed by atoms with van der Waals surface area (Å²) in [4.78, 5) is 9.06. The van der Waals surface area contributed by atoms with Crippen molar-refractivity contribution in [3.8, 4) is 39.2 Å². The molecule has 4 heteroatoms. The summed E-state index contributed by atoms with van der Waals surface area (Å²) in [6.07, 6.45) is 2.47. The van der Waals surface area contributed by atoms with Gasteiger partial charge in [-0.25, -0.2) is 4.98 Å². The van der Waals surface area contributed by atoms with Crippen molar-refractivity contribution in [3.05, 3.63) is 228 Å². The van der Waals surface area contributed by atoms with Gasteiger partial charge < -0.3 is 9.80 Å². The van der Waals surface area contributed by atoms with Crippen LogP contribution in [-0.2, 0) is 11.8 Å². The normalized spacial score (nSPS) is 14.8. The van der Waals surface area contributed by atoms with Crippen LogP contribution in [0.2, 0.25) is 0 Å². The van der Waals surface area contributed by atoms with Crippen molar-refractivity contribution in [2.75, 3.05) is 16.5 Å². The second-order valence-corrected chi connectivity index (χ2v) is 17.9. The van der Waals surface area contributed by atoms with Crippen LogP contribution in [0.1, 0.15) is 62.3 Å². The molecule has 0 bridgehead atoms. The Balaban J connectivity index is 1.11. The summed E-state index contributed by atoms with van der Waals surface area (Å²) in [5, 5.41) is 2.27. The predicted molar refractivity (Wildman–Crippen MR) is 274 cm³/mol. The molecule has 0 amide bonds. The summed E-state index contributed by atoms with van der Waals surface area (Å²) in [7, 11) is 0. The average molecular weight is 851 g/mol. The molecule has 3 heterocycles. The number of pyridine rings is 1. The summed E-state index contributed by atoms with van der Waals surface area (Å²) in [5.41, 5.74) is 12.8. The smallest absolute Gasteiger partial charge is 0.137 e. The second kappa shape index (κ2) is 16.1. The third-order valence-corrected chi connectivity index (χ3v) is 12.6. The Morgan fingerprint density at radius 1 is 0.554 bits per heavy atom. The van der Waals surface area contributed by atoms with Gasteiger partial charge in [0.15, 0.2) is 0 Å². The number of aryl methyl sites for hydroxylation is 2. The zero-order valence-corrected chi connectivity index (χ0v) is 37.0. The lowest BCUT2D eigenvalue weighted by atomic mass is 9.88. The predicted octanol–water partition coefficient (Wildman–Crippen LogP) is 15.9. The van der Waals surface area contributed by atoms with E-state index >= 15 is 0 Å². The minimum absolute atomic E-state index is 0.0749. The molecular formula is C61H52N4. The molecule has 0 fully saturated rings. The second-order valence-electron chi connectivity index (χ2n) is 17.9.